The normalized spacial score (nSPS) is 16.9. The smallest absolute Gasteiger partial charge is 0.0744 e. The molecule has 0 spiro atoms. The fourth-order valence-corrected chi connectivity index (χ4v) is 3.05. The highest BCUT2D eigenvalue weighted by molar-refractivity contribution is 9.10. The van der Waals surface area contributed by atoms with Crippen molar-refractivity contribution in [3.05, 3.63) is 28.2 Å². The van der Waals surface area contributed by atoms with E-state index in [2.05, 4.69) is 50.3 Å². The molecule has 1 aromatic carbocycles. The van der Waals surface area contributed by atoms with E-state index < -0.39 is 0 Å². The Morgan fingerprint density at radius 2 is 2.20 bits per heavy atom. The molecule has 1 saturated heterocycles. The van der Waals surface area contributed by atoms with Crippen molar-refractivity contribution in [3.8, 4) is 12.3 Å². The van der Waals surface area contributed by atoms with Gasteiger partial charge in [-0.2, -0.15) is 0 Å². The monoisotopic (exact) mass is 336 g/mol. The first-order chi connectivity index (χ1) is 9.74. The van der Waals surface area contributed by atoms with Crippen LogP contribution >= 0.6 is 15.9 Å². The molecule has 20 heavy (non-hydrogen) atoms. The highest BCUT2D eigenvalue weighted by atomic mass is 79.9. The van der Waals surface area contributed by atoms with Crippen LogP contribution < -0.4 is 5.32 Å². The molecule has 1 fully saturated rings. The fraction of sp³-hybridized carbons (Fsp3) is 0.500. The number of anilines is 1. The van der Waals surface area contributed by atoms with Crippen molar-refractivity contribution >= 4 is 21.6 Å². The summed E-state index contributed by atoms with van der Waals surface area (Å²) < 4.78 is 6.38. The number of methoxy groups -OCH3 is 1. The standard InChI is InChI=1S/C16H21BrN2O/c1-3-9-19-10-7-13(8-11-19)18-16-6-4-5-15(17)14(16)12-20-2/h1,4-6,13,18H,7-12H2,2H3. The van der Waals surface area contributed by atoms with Gasteiger partial charge in [-0.05, 0) is 25.0 Å². The van der Waals surface area contributed by atoms with Crippen LogP contribution in [0.1, 0.15) is 18.4 Å². The van der Waals surface area contributed by atoms with Crippen LogP contribution in [0, 0.1) is 12.3 Å². The molecular weight excluding hydrogens is 316 g/mol. The molecule has 0 saturated carbocycles. The third-order valence-corrected chi connectivity index (χ3v) is 4.41. The van der Waals surface area contributed by atoms with Gasteiger partial charge in [-0.1, -0.05) is 27.9 Å². The summed E-state index contributed by atoms with van der Waals surface area (Å²) in [4.78, 5) is 2.33. The number of rotatable bonds is 5. The minimum absolute atomic E-state index is 0.508. The zero-order valence-electron chi connectivity index (χ0n) is 11.9. The molecule has 2 rings (SSSR count). The van der Waals surface area contributed by atoms with Crippen molar-refractivity contribution < 1.29 is 4.74 Å². The minimum Gasteiger partial charge on any atom is -0.382 e. The van der Waals surface area contributed by atoms with Crippen molar-refractivity contribution in [3.63, 3.8) is 0 Å². The molecule has 108 valence electrons. The molecule has 0 radical (unpaired) electrons. The lowest BCUT2D eigenvalue weighted by Crippen LogP contribution is -2.39. The van der Waals surface area contributed by atoms with Gasteiger partial charge in [-0.25, -0.2) is 0 Å². The average molecular weight is 337 g/mol. The summed E-state index contributed by atoms with van der Waals surface area (Å²) in [6, 6.07) is 6.73. The summed E-state index contributed by atoms with van der Waals surface area (Å²) in [5, 5.41) is 3.65. The number of ether oxygens (including phenoxy) is 1. The maximum Gasteiger partial charge on any atom is 0.0744 e. The van der Waals surface area contributed by atoms with Gasteiger partial charge in [0.2, 0.25) is 0 Å². The van der Waals surface area contributed by atoms with Crippen LogP contribution in [0.5, 0.6) is 0 Å². The Kier molecular flexibility index (Phi) is 5.90. The van der Waals surface area contributed by atoms with Crippen molar-refractivity contribution in [2.75, 3.05) is 32.1 Å². The van der Waals surface area contributed by atoms with Gasteiger partial charge >= 0.3 is 0 Å². The molecule has 1 aliphatic heterocycles. The van der Waals surface area contributed by atoms with Gasteiger partial charge in [-0.3, -0.25) is 4.90 Å². The van der Waals surface area contributed by atoms with Crippen molar-refractivity contribution in [1.82, 2.24) is 4.90 Å². The Balaban J connectivity index is 1.98. The molecule has 1 heterocycles. The van der Waals surface area contributed by atoms with E-state index in [4.69, 9.17) is 11.2 Å². The van der Waals surface area contributed by atoms with Gasteiger partial charge in [0.05, 0.1) is 13.2 Å². The lowest BCUT2D eigenvalue weighted by atomic mass is 10.0. The maximum absolute atomic E-state index is 5.36. The molecule has 0 aromatic heterocycles. The Bertz CT molecular complexity index is 476. The van der Waals surface area contributed by atoms with E-state index >= 15 is 0 Å². The molecule has 0 unspecified atom stereocenters. The van der Waals surface area contributed by atoms with Crippen LogP contribution in [0.4, 0.5) is 5.69 Å². The molecule has 4 heteroatoms. The summed E-state index contributed by atoms with van der Waals surface area (Å²) in [6.07, 6.45) is 7.61. The number of hydrogen-bond donors (Lipinski definition) is 1. The third kappa shape index (κ3) is 3.99. The van der Waals surface area contributed by atoms with E-state index in [1.54, 1.807) is 7.11 Å². The van der Waals surface area contributed by atoms with Gasteiger partial charge in [0.1, 0.15) is 0 Å². The molecule has 1 aromatic rings. The Hall–Kier alpha value is -1.02. The zero-order valence-corrected chi connectivity index (χ0v) is 13.4. The molecule has 0 atom stereocenters. The zero-order chi connectivity index (χ0) is 14.4. The summed E-state index contributed by atoms with van der Waals surface area (Å²) >= 11 is 3.59. The van der Waals surface area contributed by atoms with E-state index in [1.807, 2.05) is 0 Å². The Morgan fingerprint density at radius 1 is 1.45 bits per heavy atom. The third-order valence-electron chi connectivity index (χ3n) is 3.67. The summed E-state index contributed by atoms with van der Waals surface area (Å²) in [5.74, 6) is 2.72. The summed E-state index contributed by atoms with van der Waals surface area (Å²) in [6.45, 7) is 3.50. The number of benzene rings is 1. The molecule has 0 aliphatic carbocycles. The lowest BCUT2D eigenvalue weighted by Gasteiger charge is -2.32. The maximum atomic E-state index is 5.36. The van der Waals surface area contributed by atoms with Gasteiger partial charge in [0.25, 0.3) is 0 Å². The molecule has 0 bridgehead atoms. The molecule has 3 nitrogen and oxygen atoms in total. The van der Waals surface area contributed by atoms with E-state index in [-0.39, 0.29) is 0 Å². The van der Waals surface area contributed by atoms with Crippen LogP contribution in [0.25, 0.3) is 0 Å². The first kappa shape index (κ1) is 15.4. The van der Waals surface area contributed by atoms with Crippen LogP contribution in [-0.4, -0.2) is 37.7 Å². The molecule has 1 N–H and O–H groups in total. The number of likely N-dealkylation sites (tertiary alicyclic amines) is 1. The number of piperidine rings is 1. The number of terminal acetylenes is 1. The van der Waals surface area contributed by atoms with E-state index in [0.717, 1.165) is 42.6 Å². The minimum atomic E-state index is 0.508. The van der Waals surface area contributed by atoms with E-state index in [1.165, 1.54) is 5.56 Å². The largest absolute Gasteiger partial charge is 0.382 e. The molecular formula is C16H21BrN2O. The summed E-state index contributed by atoms with van der Waals surface area (Å²) in [7, 11) is 1.72. The van der Waals surface area contributed by atoms with Crippen molar-refractivity contribution in [2.45, 2.75) is 25.5 Å². The second kappa shape index (κ2) is 7.68. The SMILES string of the molecule is C#CCN1CCC(Nc2cccc(Br)c2COC)CC1. The number of nitrogens with one attached hydrogen (secondary N) is 1. The fourth-order valence-electron chi connectivity index (χ4n) is 2.57. The van der Waals surface area contributed by atoms with E-state index in [9.17, 15) is 0 Å². The first-order valence-corrected chi connectivity index (χ1v) is 7.72. The second-order valence-corrected chi connectivity index (χ2v) is 5.95. The van der Waals surface area contributed by atoms with Crippen molar-refractivity contribution in [2.24, 2.45) is 0 Å². The average Bonchev–Trinajstić information content (AvgIpc) is 2.45. The number of nitrogens with zero attached hydrogens (tertiary/aromatic N) is 1. The number of halogens is 1. The predicted octanol–water partition coefficient (Wildman–Crippen LogP) is 3.11. The van der Waals surface area contributed by atoms with E-state index in [0.29, 0.717) is 12.6 Å². The number of hydrogen-bond acceptors (Lipinski definition) is 3. The first-order valence-electron chi connectivity index (χ1n) is 6.93. The summed E-state index contributed by atoms with van der Waals surface area (Å²) in [5.41, 5.74) is 2.35. The van der Waals surface area contributed by atoms with Gasteiger partial charge in [-0.15, -0.1) is 6.42 Å². The Labute approximate surface area is 129 Å². The van der Waals surface area contributed by atoms with Crippen molar-refractivity contribution in [1.29, 1.82) is 0 Å². The Morgan fingerprint density at radius 3 is 2.85 bits per heavy atom. The van der Waals surface area contributed by atoms with Crippen LogP contribution in [0.2, 0.25) is 0 Å². The quantitative estimate of drug-likeness (QED) is 0.836. The van der Waals surface area contributed by atoms with Gasteiger partial charge < -0.3 is 10.1 Å². The van der Waals surface area contributed by atoms with Gasteiger partial charge in [0, 0.05) is 42.0 Å². The molecule has 1 aliphatic rings. The highest BCUT2D eigenvalue weighted by Gasteiger charge is 2.19. The van der Waals surface area contributed by atoms with Gasteiger partial charge in [0.15, 0.2) is 0 Å². The molecule has 0 amide bonds. The van der Waals surface area contributed by atoms with Crippen LogP contribution in [0.15, 0.2) is 22.7 Å². The van der Waals surface area contributed by atoms with Crippen LogP contribution in [0.3, 0.4) is 0 Å². The topological polar surface area (TPSA) is 24.5 Å². The second-order valence-electron chi connectivity index (χ2n) is 5.10. The predicted molar refractivity (Wildman–Crippen MR) is 86.8 cm³/mol. The highest BCUT2D eigenvalue weighted by Crippen LogP contribution is 2.27. The lowest BCUT2D eigenvalue weighted by molar-refractivity contribution is 0.184. The van der Waals surface area contributed by atoms with Crippen LogP contribution in [-0.2, 0) is 11.3 Å².